The van der Waals surface area contributed by atoms with Gasteiger partial charge in [-0.05, 0) is 25.3 Å². The van der Waals surface area contributed by atoms with Crippen LogP contribution in [0.2, 0.25) is 0 Å². The lowest BCUT2D eigenvalue weighted by Crippen LogP contribution is -2.25. The molecule has 0 saturated heterocycles. The fourth-order valence-corrected chi connectivity index (χ4v) is 1.33. The monoisotopic (exact) mass is 208 g/mol. The van der Waals surface area contributed by atoms with Crippen molar-refractivity contribution in [1.29, 1.82) is 0 Å². The zero-order chi connectivity index (χ0) is 10.8. The van der Waals surface area contributed by atoms with Crippen LogP contribution < -0.4 is 10.5 Å². The number of carboxylic acids is 1. The molecule has 3 N–H and O–H groups in total. The van der Waals surface area contributed by atoms with Crippen LogP contribution in [0.1, 0.15) is 29.6 Å². The normalized spacial score (nSPS) is 15.7. The Kier molecular flexibility index (Phi) is 2.45. The first kappa shape index (κ1) is 9.76. The van der Waals surface area contributed by atoms with Gasteiger partial charge in [0, 0.05) is 6.20 Å². The second-order valence-electron chi connectivity index (χ2n) is 3.59. The summed E-state index contributed by atoms with van der Waals surface area (Å²) in [6, 6.07) is 1.36. The molecule has 0 unspecified atom stereocenters. The van der Waals surface area contributed by atoms with E-state index in [1.54, 1.807) is 0 Å². The van der Waals surface area contributed by atoms with E-state index in [1.165, 1.54) is 12.3 Å². The maximum atomic E-state index is 10.6. The summed E-state index contributed by atoms with van der Waals surface area (Å²) in [6.45, 7) is 0. The molecule has 1 aliphatic carbocycles. The van der Waals surface area contributed by atoms with E-state index in [2.05, 4.69) is 4.98 Å². The number of nitrogens with two attached hydrogens (primary N) is 1. The highest BCUT2D eigenvalue weighted by molar-refractivity contribution is 5.88. The minimum Gasteiger partial charge on any atom is -0.478 e. The van der Waals surface area contributed by atoms with Crippen molar-refractivity contribution in [3.05, 3.63) is 17.8 Å². The molecular formula is C10H12N2O3. The number of hydrogen-bond acceptors (Lipinski definition) is 4. The summed E-state index contributed by atoms with van der Waals surface area (Å²) >= 11 is 0. The highest BCUT2D eigenvalue weighted by Crippen LogP contribution is 2.27. The SMILES string of the molecule is Nc1cc(C(=O)O)cnc1OC1CCC1. The largest absolute Gasteiger partial charge is 0.478 e. The number of aromatic nitrogens is 1. The Bertz CT molecular complexity index is 388. The molecule has 0 aromatic carbocycles. The third-order valence-corrected chi connectivity index (χ3v) is 2.46. The van der Waals surface area contributed by atoms with Crippen molar-refractivity contribution in [2.24, 2.45) is 0 Å². The molecule has 80 valence electrons. The van der Waals surface area contributed by atoms with E-state index >= 15 is 0 Å². The van der Waals surface area contributed by atoms with Gasteiger partial charge in [0.25, 0.3) is 0 Å². The molecular weight excluding hydrogens is 196 g/mol. The lowest BCUT2D eigenvalue weighted by molar-refractivity contribution is 0.0696. The van der Waals surface area contributed by atoms with E-state index in [0.717, 1.165) is 19.3 Å². The average Bonchev–Trinajstić information content (AvgIpc) is 2.12. The molecule has 1 aromatic rings. The lowest BCUT2D eigenvalue weighted by atomic mass is 9.96. The molecule has 1 fully saturated rings. The highest BCUT2D eigenvalue weighted by atomic mass is 16.5. The molecule has 1 saturated carbocycles. The highest BCUT2D eigenvalue weighted by Gasteiger charge is 2.21. The van der Waals surface area contributed by atoms with E-state index in [1.807, 2.05) is 0 Å². The Hall–Kier alpha value is -1.78. The second kappa shape index (κ2) is 3.76. The zero-order valence-electron chi connectivity index (χ0n) is 8.14. The van der Waals surface area contributed by atoms with Crippen LogP contribution >= 0.6 is 0 Å². The number of ether oxygens (including phenoxy) is 1. The number of pyridine rings is 1. The molecule has 2 rings (SSSR count). The molecule has 0 radical (unpaired) electrons. The molecule has 0 aliphatic heterocycles. The molecule has 0 atom stereocenters. The molecule has 0 bridgehead atoms. The van der Waals surface area contributed by atoms with Crippen molar-refractivity contribution in [3.63, 3.8) is 0 Å². The van der Waals surface area contributed by atoms with E-state index in [4.69, 9.17) is 15.6 Å². The number of hydrogen-bond donors (Lipinski definition) is 2. The minimum atomic E-state index is -1.04. The first-order valence-electron chi connectivity index (χ1n) is 4.82. The fourth-order valence-electron chi connectivity index (χ4n) is 1.33. The van der Waals surface area contributed by atoms with E-state index in [9.17, 15) is 4.79 Å². The second-order valence-corrected chi connectivity index (χ2v) is 3.59. The van der Waals surface area contributed by atoms with Crippen LogP contribution in [0.15, 0.2) is 12.3 Å². The standard InChI is InChI=1S/C10H12N2O3/c11-8-4-6(10(13)14)5-12-9(8)15-7-2-1-3-7/h4-5,7H,1-3,11H2,(H,13,14). The van der Waals surface area contributed by atoms with Gasteiger partial charge in [0.2, 0.25) is 5.88 Å². The summed E-state index contributed by atoms with van der Waals surface area (Å²) in [7, 11) is 0. The predicted molar refractivity (Wildman–Crippen MR) is 53.9 cm³/mol. The van der Waals surface area contributed by atoms with E-state index in [-0.39, 0.29) is 17.4 Å². The summed E-state index contributed by atoms with van der Waals surface area (Å²) in [5, 5.41) is 8.70. The van der Waals surface area contributed by atoms with Crippen LogP contribution in [-0.4, -0.2) is 22.2 Å². The fraction of sp³-hybridized carbons (Fsp3) is 0.400. The number of nitrogens with zero attached hydrogens (tertiary/aromatic N) is 1. The van der Waals surface area contributed by atoms with Crippen molar-refractivity contribution >= 4 is 11.7 Å². The van der Waals surface area contributed by atoms with Gasteiger partial charge in [-0.3, -0.25) is 0 Å². The number of anilines is 1. The summed E-state index contributed by atoms with van der Waals surface area (Å²) in [6.07, 6.45) is 4.64. The third-order valence-electron chi connectivity index (χ3n) is 2.46. The molecule has 5 heteroatoms. The lowest BCUT2D eigenvalue weighted by Gasteiger charge is -2.26. The Balaban J connectivity index is 2.14. The van der Waals surface area contributed by atoms with Crippen molar-refractivity contribution < 1.29 is 14.6 Å². The Morgan fingerprint density at radius 3 is 2.80 bits per heavy atom. The van der Waals surface area contributed by atoms with Crippen LogP contribution in [0.4, 0.5) is 5.69 Å². The van der Waals surface area contributed by atoms with Gasteiger partial charge in [-0.25, -0.2) is 9.78 Å². The molecule has 0 spiro atoms. The summed E-state index contributed by atoms with van der Waals surface area (Å²) in [4.78, 5) is 14.5. The number of carboxylic acid groups (broad SMARTS) is 1. The average molecular weight is 208 g/mol. The van der Waals surface area contributed by atoms with Crippen molar-refractivity contribution in [1.82, 2.24) is 4.98 Å². The zero-order valence-corrected chi connectivity index (χ0v) is 8.14. The van der Waals surface area contributed by atoms with Crippen LogP contribution in [0, 0.1) is 0 Å². The van der Waals surface area contributed by atoms with Crippen LogP contribution in [-0.2, 0) is 0 Å². The van der Waals surface area contributed by atoms with E-state index in [0.29, 0.717) is 5.88 Å². The first-order chi connectivity index (χ1) is 7.16. The summed E-state index contributed by atoms with van der Waals surface area (Å²) in [5.41, 5.74) is 5.99. The number of aromatic carboxylic acids is 1. The summed E-state index contributed by atoms with van der Waals surface area (Å²) < 4.78 is 5.49. The quantitative estimate of drug-likeness (QED) is 0.781. The van der Waals surface area contributed by atoms with Gasteiger partial charge in [0.1, 0.15) is 6.10 Å². The molecule has 1 aromatic heterocycles. The minimum absolute atomic E-state index is 0.0773. The molecule has 15 heavy (non-hydrogen) atoms. The van der Waals surface area contributed by atoms with Crippen molar-refractivity contribution in [3.8, 4) is 5.88 Å². The van der Waals surface area contributed by atoms with Gasteiger partial charge in [-0.1, -0.05) is 0 Å². The summed E-state index contributed by atoms with van der Waals surface area (Å²) in [5.74, 6) is -0.700. The molecule has 5 nitrogen and oxygen atoms in total. The number of rotatable bonds is 3. The van der Waals surface area contributed by atoms with Gasteiger partial charge < -0.3 is 15.6 Å². The Morgan fingerprint density at radius 2 is 2.33 bits per heavy atom. The van der Waals surface area contributed by atoms with Crippen molar-refractivity contribution in [2.45, 2.75) is 25.4 Å². The van der Waals surface area contributed by atoms with Crippen LogP contribution in [0.25, 0.3) is 0 Å². The van der Waals surface area contributed by atoms with Crippen LogP contribution in [0.5, 0.6) is 5.88 Å². The van der Waals surface area contributed by atoms with Gasteiger partial charge in [-0.2, -0.15) is 0 Å². The van der Waals surface area contributed by atoms with Gasteiger partial charge in [-0.15, -0.1) is 0 Å². The van der Waals surface area contributed by atoms with Gasteiger partial charge >= 0.3 is 5.97 Å². The third kappa shape index (κ3) is 2.01. The van der Waals surface area contributed by atoms with Gasteiger partial charge in [0.15, 0.2) is 0 Å². The maximum Gasteiger partial charge on any atom is 0.337 e. The maximum absolute atomic E-state index is 10.6. The van der Waals surface area contributed by atoms with Crippen molar-refractivity contribution in [2.75, 3.05) is 5.73 Å². The Labute approximate surface area is 86.9 Å². The molecule has 1 heterocycles. The van der Waals surface area contributed by atoms with E-state index < -0.39 is 5.97 Å². The topological polar surface area (TPSA) is 85.4 Å². The predicted octanol–water partition coefficient (Wildman–Crippen LogP) is 1.29. The first-order valence-corrected chi connectivity index (χ1v) is 4.82. The smallest absolute Gasteiger partial charge is 0.337 e. The molecule has 0 amide bonds. The van der Waals surface area contributed by atoms with Crippen LogP contribution in [0.3, 0.4) is 0 Å². The Morgan fingerprint density at radius 1 is 1.60 bits per heavy atom. The van der Waals surface area contributed by atoms with Gasteiger partial charge in [0.05, 0.1) is 11.3 Å². The number of carbonyl (C=O) groups is 1. The number of nitrogen functional groups attached to an aromatic ring is 1. The molecule has 1 aliphatic rings.